The first-order chi connectivity index (χ1) is 9.20. The fourth-order valence-corrected chi connectivity index (χ4v) is 2.83. The molecule has 2 heterocycles. The van der Waals surface area contributed by atoms with E-state index in [2.05, 4.69) is 41.1 Å². The van der Waals surface area contributed by atoms with Crippen molar-refractivity contribution in [3.63, 3.8) is 0 Å². The molecule has 2 rings (SSSR count). The molecule has 1 aliphatic heterocycles. The fourth-order valence-electron chi connectivity index (χ4n) is 2.83. The van der Waals surface area contributed by atoms with Gasteiger partial charge in [0, 0.05) is 12.6 Å². The van der Waals surface area contributed by atoms with Crippen LogP contribution in [0.3, 0.4) is 0 Å². The van der Waals surface area contributed by atoms with Crippen molar-refractivity contribution in [2.75, 3.05) is 18.0 Å². The van der Waals surface area contributed by atoms with Gasteiger partial charge in [-0.25, -0.2) is 0 Å². The minimum absolute atomic E-state index is 0.545. The zero-order valence-electron chi connectivity index (χ0n) is 12.2. The molecule has 4 heteroatoms. The zero-order chi connectivity index (χ0) is 13.7. The molecule has 2 N–H and O–H groups in total. The van der Waals surface area contributed by atoms with Crippen molar-refractivity contribution < 1.29 is 0 Å². The molecule has 0 bridgehead atoms. The number of hydrogen-bond acceptors (Lipinski definition) is 4. The second kappa shape index (κ2) is 6.85. The third-order valence-corrected chi connectivity index (χ3v) is 3.74. The summed E-state index contributed by atoms with van der Waals surface area (Å²) in [7, 11) is 0. The molecule has 0 saturated carbocycles. The summed E-state index contributed by atoms with van der Waals surface area (Å²) in [6.45, 7) is 6.25. The van der Waals surface area contributed by atoms with E-state index in [4.69, 9.17) is 5.73 Å². The summed E-state index contributed by atoms with van der Waals surface area (Å²) in [6, 6.07) is 4.79. The summed E-state index contributed by atoms with van der Waals surface area (Å²) in [6.07, 6.45) is 5.83. The first-order valence-corrected chi connectivity index (χ1v) is 7.50. The maximum absolute atomic E-state index is 5.72. The lowest BCUT2D eigenvalue weighted by Gasteiger charge is -2.36. The van der Waals surface area contributed by atoms with Crippen molar-refractivity contribution in [2.24, 2.45) is 11.7 Å². The molecule has 106 valence electrons. The van der Waals surface area contributed by atoms with Gasteiger partial charge in [-0.3, -0.25) is 0 Å². The molecule has 1 unspecified atom stereocenters. The molecule has 0 aliphatic carbocycles. The van der Waals surface area contributed by atoms with Crippen molar-refractivity contribution in [1.82, 2.24) is 10.2 Å². The van der Waals surface area contributed by atoms with Crippen LogP contribution < -0.4 is 10.6 Å². The summed E-state index contributed by atoms with van der Waals surface area (Å²) in [5.41, 5.74) is 6.80. The number of aromatic nitrogens is 2. The van der Waals surface area contributed by atoms with E-state index in [1.807, 2.05) is 0 Å². The average molecular weight is 262 g/mol. The van der Waals surface area contributed by atoms with Crippen LogP contribution in [0, 0.1) is 5.92 Å². The second-order valence-corrected chi connectivity index (χ2v) is 5.90. The number of nitrogens with zero attached hydrogens (tertiary/aromatic N) is 3. The van der Waals surface area contributed by atoms with Gasteiger partial charge in [-0.15, -0.1) is 5.10 Å². The topological polar surface area (TPSA) is 55.0 Å². The molecule has 1 aliphatic rings. The van der Waals surface area contributed by atoms with Crippen molar-refractivity contribution in [3.8, 4) is 0 Å². The second-order valence-electron chi connectivity index (χ2n) is 5.90. The van der Waals surface area contributed by atoms with Crippen molar-refractivity contribution in [2.45, 2.75) is 52.0 Å². The van der Waals surface area contributed by atoms with Gasteiger partial charge in [0.05, 0.1) is 5.69 Å². The van der Waals surface area contributed by atoms with Gasteiger partial charge in [0.2, 0.25) is 0 Å². The Morgan fingerprint density at radius 1 is 1.32 bits per heavy atom. The lowest BCUT2D eigenvalue weighted by atomic mass is 9.99. The highest BCUT2D eigenvalue weighted by molar-refractivity contribution is 5.39. The highest BCUT2D eigenvalue weighted by Gasteiger charge is 2.23. The Hall–Kier alpha value is -1.16. The SMILES string of the molecule is CC(C)Cc1ccc(N2CCCCC2CCN)nn1. The van der Waals surface area contributed by atoms with Crippen LogP contribution in [-0.4, -0.2) is 29.3 Å². The standard InChI is InChI=1S/C15H26N4/c1-12(2)11-13-6-7-15(18-17-13)19-10-4-3-5-14(19)8-9-16/h6-7,12,14H,3-5,8-11,16H2,1-2H3. The highest BCUT2D eigenvalue weighted by Crippen LogP contribution is 2.24. The summed E-state index contributed by atoms with van der Waals surface area (Å²) >= 11 is 0. The molecule has 1 aromatic rings. The first kappa shape index (κ1) is 14.3. The number of hydrogen-bond donors (Lipinski definition) is 1. The van der Waals surface area contributed by atoms with Crippen LogP contribution in [-0.2, 0) is 6.42 Å². The van der Waals surface area contributed by atoms with Crippen LogP contribution in [0.5, 0.6) is 0 Å². The molecule has 1 atom stereocenters. The molecule has 1 saturated heterocycles. The van der Waals surface area contributed by atoms with Crippen LogP contribution in [0.1, 0.15) is 45.2 Å². The van der Waals surface area contributed by atoms with Gasteiger partial charge in [0.1, 0.15) is 0 Å². The molecule has 0 radical (unpaired) electrons. The zero-order valence-corrected chi connectivity index (χ0v) is 12.2. The molecule has 1 aromatic heterocycles. The Morgan fingerprint density at radius 3 is 2.79 bits per heavy atom. The van der Waals surface area contributed by atoms with Gasteiger partial charge in [0.15, 0.2) is 5.82 Å². The summed E-state index contributed by atoms with van der Waals surface area (Å²) in [5, 5.41) is 8.79. The van der Waals surface area contributed by atoms with Crippen LogP contribution >= 0.6 is 0 Å². The molecule has 0 amide bonds. The van der Waals surface area contributed by atoms with Crippen LogP contribution in [0.2, 0.25) is 0 Å². The Morgan fingerprint density at radius 2 is 2.16 bits per heavy atom. The van der Waals surface area contributed by atoms with Crippen LogP contribution in [0.15, 0.2) is 12.1 Å². The van der Waals surface area contributed by atoms with Crippen LogP contribution in [0.4, 0.5) is 5.82 Å². The van der Waals surface area contributed by atoms with Crippen molar-refractivity contribution in [1.29, 1.82) is 0 Å². The quantitative estimate of drug-likeness (QED) is 0.885. The Bertz CT molecular complexity index is 372. The number of rotatable bonds is 5. The lowest BCUT2D eigenvalue weighted by molar-refractivity contribution is 0.437. The highest BCUT2D eigenvalue weighted by atomic mass is 15.3. The lowest BCUT2D eigenvalue weighted by Crippen LogP contribution is -2.41. The molecule has 4 nitrogen and oxygen atoms in total. The smallest absolute Gasteiger partial charge is 0.151 e. The van der Waals surface area contributed by atoms with E-state index in [0.29, 0.717) is 12.0 Å². The van der Waals surface area contributed by atoms with E-state index >= 15 is 0 Å². The van der Waals surface area contributed by atoms with Gasteiger partial charge < -0.3 is 10.6 Å². The predicted octanol–water partition coefficient (Wildman–Crippen LogP) is 2.38. The first-order valence-electron chi connectivity index (χ1n) is 7.50. The minimum atomic E-state index is 0.545. The molecular weight excluding hydrogens is 236 g/mol. The Kier molecular flexibility index (Phi) is 5.14. The third-order valence-electron chi connectivity index (χ3n) is 3.74. The van der Waals surface area contributed by atoms with E-state index < -0.39 is 0 Å². The van der Waals surface area contributed by atoms with Gasteiger partial charge in [-0.2, -0.15) is 5.10 Å². The molecule has 0 spiro atoms. The van der Waals surface area contributed by atoms with E-state index in [-0.39, 0.29) is 0 Å². The van der Waals surface area contributed by atoms with Gasteiger partial charge in [-0.1, -0.05) is 13.8 Å². The van der Waals surface area contributed by atoms with E-state index in [9.17, 15) is 0 Å². The van der Waals surface area contributed by atoms with Crippen molar-refractivity contribution >= 4 is 5.82 Å². The summed E-state index contributed by atoms with van der Waals surface area (Å²) in [5.74, 6) is 1.64. The Labute approximate surface area is 116 Å². The van der Waals surface area contributed by atoms with E-state index in [0.717, 1.165) is 37.4 Å². The van der Waals surface area contributed by atoms with Crippen LogP contribution in [0.25, 0.3) is 0 Å². The fraction of sp³-hybridized carbons (Fsp3) is 0.733. The van der Waals surface area contributed by atoms with Gasteiger partial charge >= 0.3 is 0 Å². The maximum Gasteiger partial charge on any atom is 0.151 e. The molecule has 19 heavy (non-hydrogen) atoms. The average Bonchev–Trinajstić information content (AvgIpc) is 2.40. The van der Waals surface area contributed by atoms with Gasteiger partial charge in [0.25, 0.3) is 0 Å². The predicted molar refractivity (Wildman–Crippen MR) is 79.2 cm³/mol. The van der Waals surface area contributed by atoms with E-state index in [1.54, 1.807) is 0 Å². The molecular formula is C15H26N4. The number of anilines is 1. The number of nitrogens with two attached hydrogens (primary N) is 1. The summed E-state index contributed by atoms with van der Waals surface area (Å²) in [4.78, 5) is 2.39. The number of piperidine rings is 1. The van der Waals surface area contributed by atoms with Gasteiger partial charge in [-0.05, 0) is 56.7 Å². The molecule has 1 fully saturated rings. The monoisotopic (exact) mass is 262 g/mol. The van der Waals surface area contributed by atoms with E-state index in [1.165, 1.54) is 19.3 Å². The largest absolute Gasteiger partial charge is 0.352 e. The Balaban J connectivity index is 2.06. The van der Waals surface area contributed by atoms with Crippen molar-refractivity contribution in [3.05, 3.63) is 17.8 Å². The molecule has 0 aromatic carbocycles. The normalized spacial score (nSPS) is 20.0. The third kappa shape index (κ3) is 3.90. The minimum Gasteiger partial charge on any atom is -0.352 e. The maximum atomic E-state index is 5.72. The summed E-state index contributed by atoms with van der Waals surface area (Å²) < 4.78 is 0.